The van der Waals surface area contributed by atoms with Crippen LogP contribution in [0.3, 0.4) is 0 Å². The maximum atomic E-state index is 12.3. The lowest BCUT2D eigenvalue weighted by Crippen LogP contribution is -2.49. The van der Waals surface area contributed by atoms with Crippen molar-refractivity contribution in [2.75, 3.05) is 31.5 Å². The summed E-state index contributed by atoms with van der Waals surface area (Å²) in [5, 5.41) is 2.78. The van der Waals surface area contributed by atoms with E-state index in [9.17, 15) is 9.59 Å². The third-order valence-corrected chi connectivity index (χ3v) is 5.80. The van der Waals surface area contributed by atoms with Crippen molar-refractivity contribution in [3.05, 3.63) is 53.1 Å². The van der Waals surface area contributed by atoms with Crippen molar-refractivity contribution >= 4 is 24.5 Å². The molecule has 0 aliphatic carbocycles. The van der Waals surface area contributed by atoms with Gasteiger partial charge in [0.1, 0.15) is 5.60 Å². The summed E-state index contributed by atoms with van der Waals surface area (Å²) in [6, 6.07) is 11.9. The van der Waals surface area contributed by atoms with Gasteiger partial charge in [-0.05, 0) is 75.2 Å². The van der Waals surface area contributed by atoms with E-state index < -0.39 is 11.6 Å². The van der Waals surface area contributed by atoms with Crippen molar-refractivity contribution in [1.82, 2.24) is 9.80 Å². The number of hydrogen-bond acceptors (Lipinski definition) is 4. The molecule has 33 heavy (non-hydrogen) atoms. The molecule has 1 heterocycles. The van der Waals surface area contributed by atoms with Crippen LogP contribution in [0.1, 0.15) is 37.5 Å². The van der Waals surface area contributed by atoms with Crippen LogP contribution in [0.15, 0.2) is 41.4 Å². The Labute approximate surface area is 196 Å². The summed E-state index contributed by atoms with van der Waals surface area (Å²) < 4.78 is 5.50. The zero-order valence-corrected chi connectivity index (χ0v) is 20.3. The molecule has 0 saturated carbocycles. The fraction of sp³-hybridized carbons (Fsp3) is 0.423. The Morgan fingerprint density at radius 3 is 2.42 bits per heavy atom. The highest BCUT2D eigenvalue weighted by Gasteiger charge is 2.26. The molecule has 3 rings (SSSR count). The van der Waals surface area contributed by atoms with Gasteiger partial charge in [0, 0.05) is 38.4 Å². The monoisotopic (exact) mass is 450 g/mol. The van der Waals surface area contributed by atoms with E-state index in [1.807, 2.05) is 39.8 Å². The molecule has 1 aliphatic heterocycles. The molecule has 0 radical (unpaired) electrons. The molecule has 7 heteroatoms. The van der Waals surface area contributed by atoms with E-state index in [1.165, 1.54) is 11.1 Å². The maximum Gasteiger partial charge on any atom is 0.410 e. The SMILES string of the molecule is C=NC(=O)Nc1cc(-c2cccc(CN3CCN(C(=O)OC(C)(C)C)CC3)c2C)ccc1C. The number of benzene rings is 2. The third kappa shape index (κ3) is 6.42. The number of ether oxygens (including phenoxy) is 1. The van der Waals surface area contributed by atoms with Crippen LogP contribution in [-0.2, 0) is 11.3 Å². The van der Waals surface area contributed by atoms with Gasteiger partial charge in [0.15, 0.2) is 0 Å². The van der Waals surface area contributed by atoms with Gasteiger partial charge in [-0.1, -0.05) is 30.3 Å². The van der Waals surface area contributed by atoms with Crippen LogP contribution in [0.4, 0.5) is 15.3 Å². The first-order chi connectivity index (χ1) is 15.6. The molecular weight excluding hydrogens is 416 g/mol. The molecule has 1 N–H and O–H groups in total. The summed E-state index contributed by atoms with van der Waals surface area (Å²) in [7, 11) is 0. The standard InChI is InChI=1S/C26H34N4O3/c1-18-10-11-20(16-23(18)28-24(31)27-6)22-9-7-8-21(19(22)2)17-29-12-14-30(15-13-29)25(32)33-26(3,4)5/h7-11,16H,6,12-15,17H2,1-5H3,(H,28,31). The maximum absolute atomic E-state index is 12.3. The van der Waals surface area contributed by atoms with E-state index in [2.05, 4.69) is 53.1 Å². The van der Waals surface area contributed by atoms with Crippen molar-refractivity contribution in [2.45, 2.75) is 46.8 Å². The Kier molecular flexibility index (Phi) is 7.53. The molecule has 2 aromatic rings. The summed E-state index contributed by atoms with van der Waals surface area (Å²) in [4.78, 5) is 31.6. The lowest BCUT2D eigenvalue weighted by atomic mass is 9.95. The minimum absolute atomic E-state index is 0.241. The minimum Gasteiger partial charge on any atom is -0.444 e. The molecule has 1 fully saturated rings. The molecule has 0 unspecified atom stereocenters. The average molecular weight is 451 g/mol. The van der Waals surface area contributed by atoms with Crippen LogP contribution < -0.4 is 5.32 Å². The van der Waals surface area contributed by atoms with Crippen molar-refractivity contribution < 1.29 is 14.3 Å². The molecule has 3 amide bonds. The van der Waals surface area contributed by atoms with Crippen molar-refractivity contribution in [2.24, 2.45) is 4.99 Å². The molecule has 0 atom stereocenters. The normalized spacial score (nSPS) is 14.6. The van der Waals surface area contributed by atoms with Gasteiger partial charge in [0.05, 0.1) is 0 Å². The molecule has 1 saturated heterocycles. The van der Waals surface area contributed by atoms with Crippen molar-refractivity contribution in [1.29, 1.82) is 0 Å². The van der Waals surface area contributed by atoms with E-state index in [0.717, 1.165) is 42.0 Å². The minimum atomic E-state index is -0.480. The molecule has 0 aromatic heterocycles. The number of aryl methyl sites for hydroxylation is 1. The summed E-state index contributed by atoms with van der Waals surface area (Å²) in [5.74, 6) is 0. The van der Waals surface area contributed by atoms with Crippen LogP contribution >= 0.6 is 0 Å². The van der Waals surface area contributed by atoms with E-state index >= 15 is 0 Å². The number of carbonyl (C=O) groups excluding carboxylic acids is 2. The number of nitrogens with zero attached hydrogens (tertiary/aromatic N) is 3. The molecule has 0 bridgehead atoms. The summed E-state index contributed by atoms with van der Waals surface area (Å²) in [6.45, 7) is 16.8. The molecule has 176 valence electrons. The number of nitrogens with one attached hydrogen (secondary N) is 1. The predicted octanol–water partition coefficient (Wildman–Crippen LogP) is 5.26. The second-order valence-corrected chi connectivity index (χ2v) is 9.45. The number of urea groups is 1. The van der Waals surface area contributed by atoms with Gasteiger partial charge in [0.25, 0.3) is 0 Å². The summed E-state index contributed by atoms with van der Waals surface area (Å²) in [6.07, 6.45) is -0.241. The molecule has 1 aliphatic rings. The van der Waals surface area contributed by atoms with E-state index in [-0.39, 0.29) is 6.09 Å². The van der Waals surface area contributed by atoms with E-state index in [0.29, 0.717) is 13.1 Å². The third-order valence-electron chi connectivity index (χ3n) is 5.80. The number of amides is 3. The smallest absolute Gasteiger partial charge is 0.410 e. The largest absolute Gasteiger partial charge is 0.444 e. The van der Waals surface area contributed by atoms with Crippen LogP contribution in [-0.4, -0.2) is 60.4 Å². The highest BCUT2D eigenvalue weighted by molar-refractivity contribution is 5.93. The average Bonchev–Trinajstić information content (AvgIpc) is 2.76. The highest BCUT2D eigenvalue weighted by Crippen LogP contribution is 2.30. The number of carbonyl (C=O) groups is 2. The first-order valence-electron chi connectivity index (χ1n) is 11.2. The number of rotatable bonds is 4. The second kappa shape index (κ2) is 10.2. The Hall–Kier alpha value is -3.19. The van der Waals surface area contributed by atoms with Crippen molar-refractivity contribution in [3.63, 3.8) is 0 Å². The molecule has 2 aromatic carbocycles. The fourth-order valence-corrected chi connectivity index (χ4v) is 3.90. The van der Waals surface area contributed by atoms with Gasteiger partial charge in [-0.2, -0.15) is 0 Å². The fourth-order valence-electron chi connectivity index (χ4n) is 3.90. The van der Waals surface area contributed by atoms with Crippen LogP contribution in [0.25, 0.3) is 11.1 Å². The zero-order chi connectivity index (χ0) is 24.2. The summed E-state index contributed by atoms with van der Waals surface area (Å²) >= 11 is 0. The van der Waals surface area contributed by atoms with Crippen LogP contribution in [0, 0.1) is 13.8 Å². The molecule has 7 nitrogen and oxygen atoms in total. The van der Waals surface area contributed by atoms with Gasteiger partial charge in [-0.3, -0.25) is 4.90 Å². The van der Waals surface area contributed by atoms with Gasteiger partial charge in [0.2, 0.25) is 0 Å². The Morgan fingerprint density at radius 2 is 1.79 bits per heavy atom. The Bertz CT molecular complexity index is 1030. The van der Waals surface area contributed by atoms with Crippen LogP contribution in [0.5, 0.6) is 0 Å². The quantitative estimate of drug-likeness (QED) is 0.645. The molecule has 0 spiro atoms. The number of hydrogen-bond donors (Lipinski definition) is 1. The lowest BCUT2D eigenvalue weighted by Gasteiger charge is -2.35. The second-order valence-electron chi connectivity index (χ2n) is 9.45. The number of piperazine rings is 1. The zero-order valence-electron chi connectivity index (χ0n) is 20.3. The Balaban J connectivity index is 1.70. The van der Waals surface area contributed by atoms with Gasteiger partial charge >= 0.3 is 12.1 Å². The Morgan fingerprint density at radius 1 is 1.09 bits per heavy atom. The number of anilines is 1. The highest BCUT2D eigenvalue weighted by atomic mass is 16.6. The first kappa shape index (κ1) is 24.5. The van der Waals surface area contributed by atoms with E-state index in [4.69, 9.17) is 4.74 Å². The van der Waals surface area contributed by atoms with Gasteiger partial charge < -0.3 is 15.0 Å². The molecular formula is C26H34N4O3. The van der Waals surface area contributed by atoms with Gasteiger partial charge in [-0.25, -0.2) is 14.6 Å². The predicted molar refractivity (Wildman–Crippen MR) is 133 cm³/mol. The van der Waals surface area contributed by atoms with E-state index in [1.54, 1.807) is 4.90 Å². The topological polar surface area (TPSA) is 74.2 Å². The van der Waals surface area contributed by atoms with Gasteiger partial charge in [-0.15, -0.1) is 0 Å². The first-order valence-corrected chi connectivity index (χ1v) is 11.2. The lowest BCUT2D eigenvalue weighted by molar-refractivity contribution is 0.0139. The van der Waals surface area contributed by atoms with Crippen LogP contribution in [0.2, 0.25) is 0 Å². The summed E-state index contributed by atoms with van der Waals surface area (Å²) in [5.41, 5.74) is 5.83. The van der Waals surface area contributed by atoms with Crippen molar-refractivity contribution in [3.8, 4) is 11.1 Å². The number of aliphatic imine (C=N–C) groups is 1.